The molecule has 5 heteroatoms. The first-order valence-corrected chi connectivity index (χ1v) is 8.64. The second-order valence-corrected chi connectivity index (χ2v) is 7.38. The van der Waals surface area contributed by atoms with Crippen LogP contribution in [-0.2, 0) is 18.0 Å². The highest BCUT2D eigenvalue weighted by Crippen LogP contribution is 2.14. The zero-order chi connectivity index (χ0) is 14.7. The molecule has 1 aromatic rings. The Bertz CT molecular complexity index is 368. The van der Waals surface area contributed by atoms with Gasteiger partial charge in [-0.05, 0) is 12.0 Å². The van der Waals surface area contributed by atoms with Gasteiger partial charge in [0.25, 0.3) is 0 Å². The Morgan fingerprint density at radius 1 is 1.00 bits per heavy atom. The molecule has 0 fully saturated rings. The summed E-state index contributed by atoms with van der Waals surface area (Å²) in [5.74, 6) is 0. The molecule has 0 saturated heterocycles. The lowest BCUT2D eigenvalue weighted by Crippen LogP contribution is -2.42. The number of hydrogen-bond donors (Lipinski definition) is 0. The summed E-state index contributed by atoms with van der Waals surface area (Å²) in [7, 11) is 2.45. The molecule has 0 radical (unpaired) electrons. The van der Waals surface area contributed by atoms with Crippen molar-refractivity contribution < 1.29 is 18.0 Å². The Morgan fingerprint density at radius 2 is 1.65 bits per heavy atom. The Kier molecular flexibility index (Phi) is 8.40. The van der Waals surface area contributed by atoms with Gasteiger partial charge in [0.2, 0.25) is 0 Å². The summed E-state index contributed by atoms with van der Waals surface area (Å²) in [5.41, 5.74) is 1.18. The van der Waals surface area contributed by atoms with Crippen molar-refractivity contribution in [3.63, 3.8) is 0 Å². The lowest BCUT2D eigenvalue weighted by atomic mass is 10.2. The van der Waals surface area contributed by atoms with Gasteiger partial charge in [-0.25, -0.2) is 0 Å². The van der Waals surface area contributed by atoms with Gasteiger partial charge >= 0.3 is 8.80 Å². The predicted molar refractivity (Wildman–Crippen MR) is 82.5 cm³/mol. The molecule has 112 valence electrons. The minimum absolute atomic E-state index is 0.608. The van der Waals surface area contributed by atoms with E-state index in [1.807, 2.05) is 24.3 Å². The van der Waals surface area contributed by atoms with Crippen LogP contribution in [-0.4, -0.2) is 43.3 Å². The fourth-order valence-corrected chi connectivity index (χ4v) is 3.54. The molecule has 0 aliphatic heterocycles. The van der Waals surface area contributed by atoms with Crippen molar-refractivity contribution in [1.82, 2.24) is 0 Å². The lowest BCUT2D eigenvalue weighted by molar-refractivity contribution is 0.114. The van der Waals surface area contributed by atoms with Crippen LogP contribution in [0.1, 0.15) is 12.0 Å². The van der Waals surface area contributed by atoms with Crippen LogP contribution in [0.2, 0.25) is 6.04 Å². The van der Waals surface area contributed by atoms with E-state index in [0.717, 1.165) is 12.5 Å². The van der Waals surface area contributed by atoms with Crippen molar-refractivity contribution >= 4 is 14.9 Å². The minimum Gasteiger partial charge on any atom is -0.377 e. The fraction of sp³-hybridized carbons (Fsp3) is 0.467. The number of ether oxygens (including phenoxy) is 1. The van der Waals surface area contributed by atoms with Crippen LogP contribution in [0.4, 0.5) is 0 Å². The van der Waals surface area contributed by atoms with Gasteiger partial charge in [-0.15, -0.1) is 0 Å². The average molecular weight is 296 g/mol. The van der Waals surface area contributed by atoms with Gasteiger partial charge in [0.15, 0.2) is 0 Å². The molecular formula is C15H24O4Si. The van der Waals surface area contributed by atoms with Crippen LogP contribution in [0.5, 0.6) is 0 Å². The van der Waals surface area contributed by atoms with Gasteiger partial charge in [0.05, 0.1) is 6.61 Å². The second kappa shape index (κ2) is 9.85. The predicted octanol–water partition coefficient (Wildman–Crippen LogP) is 2.98. The van der Waals surface area contributed by atoms with E-state index >= 15 is 0 Å². The number of rotatable bonds is 10. The summed E-state index contributed by atoms with van der Waals surface area (Å²) in [6.07, 6.45) is 4.93. The largest absolute Gasteiger partial charge is 0.500 e. The highest BCUT2D eigenvalue weighted by molar-refractivity contribution is 6.60. The quantitative estimate of drug-likeness (QED) is 0.491. The fourth-order valence-electron chi connectivity index (χ4n) is 1.85. The standard InChI is InChI=1S/C15H24O4Si/c1-16-20(17-2,18-3)14-8-13-19-12-7-11-15-9-5-4-6-10-15/h4-7,9-11H,8,12-14H2,1-3H3/b11-7+. The molecule has 4 nitrogen and oxygen atoms in total. The van der Waals surface area contributed by atoms with E-state index in [0.29, 0.717) is 13.2 Å². The molecule has 0 aliphatic rings. The molecule has 0 amide bonds. The Morgan fingerprint density at radius 3 is 2.25 bits per heavy atom. The molecule has 0 bridgehead atoms. The molecule has 0 unspecified atom stereocenters. The lowest BCUT2D eigenvalue weighted by Gasteiger charge is -2.24. The molecular weight excluding hydrogens is 272 g/mol. The van der Waals surface area contributed by atoms with Crippen molar-refractivity contribution in [3.8, 4) is 0 Å². The SMILES string of the molecule is CO[Si](CCCOC/C=C/c1ccccc1)(OC)OC. The highest BCUT2D eigenvalue weighted by atomic mass is 28.4. The van der Waals surface area contributed by atoms with Crippen LogP contribution >= 0.6 is 0 Å². The van der Waals surface area contributed by atoms with E-state index in [4.69, 9.17) is 18.0 Å². The molecule has 20 heavy (non-hydrogen) atoms. The van der Waals surface area contributed by atoms with Gasteiger partial charge in [-0.3, -0.25) is 0 Å². The van der Waals surface area contributed by atoms with E-state index in [1.165, 1.54) is 5.56 Å². The van der Waals surface area contributed by atoms with Gasteiger partial charge in [-0.2, -0.15) is 0 Å². The first kappa shape index (κ1) is 17.1. The van der Waals surface area contributed by atoms with Crippen LogP contribution in [0.3, 0.4) is 0 Å². The van der Waals surface area contributed by atoms with Crippen LogP contribution < -0.4 is 0 Å². The molecule has 1 aromatic carbocycles. The highest BCUT2D eigenvalue weighted by Gasteiger charge is 2.36. The maximum atomic E-state index is 5.55. The van der Waals surface area contributed by atoms with Crippen molar-refractivity contribution in [2.75, 3.05) is 34.5 Å². The van der Waals surface area contributed by atoms with Crippen molar-refractivity contribution in [1.29, 1.82) is 0 Å². The molecule has 0 N–H and O–H groups in total. The molecule has 0 aliphatic carbocycles. The first-order chi connectivity index (χ1) is 9.76. The maximum absolute atomic E-state index is 5.55. The van der Waals surface area contributed by atoms with E-state index < -0.39 is 8.80 Å². The topological polar surface area (TPSA) is 36.9 Å². The Balaban J connectivity index is 2.15. The summed E-state index contributed by atoms with van der Waals surface area (Å²) in [6.45, 7) is 1.28. The summed E-state index contributed by atoms with van der Waals surface area (Å²) in [4.78, 5) is 0. The minimum atomic E-state index is -2.44. The van der Waals surface area contributed by atoms with Gasteiger partial charge in [-0.1, -0.05) is 42.5 Å². The normalized spacial score (nSPS) is 12.2. The van der Waals surface area contributed by atoms with E-state index in [1.54, 1.807) is 21.3 Å². The smallest absolute Gasteiger partial charge is 0.377 e. The molecule has 0 atom stereocenters. The first-order valence-electron chi connectivity index (χ1n) is 6.71. The monoisotopic (exact) mass is 296 g/mol. The molecule has 0 aromatic heterocycles. The Hall–Kier alpha value is -0.983. The summed E-state index contributed by atoms with van der Waals surface area (Å²) >= 11 is 0. The summed E-state index contributed by atoms with van der Waals surface area (Å²) in [5, 5.41) is 0. The number of hydrogen-bond acceptors (Lipinski definition) is 4. The van der Waals surface area contributed by atoms with Crippen molar-refractivity contribution in [2.45, 2.75) is 12.5 Å². The van der Waals surface area contributed by atoms with E-state index in [-0.39, 0.29) is 0 Å². The third-order valence-electron chi connectivity index (χ3n) is 3.03. The number of benzene rings is 1. The zero-order valence-corrected chi connectivity index (χ0v) is 13.5. The third kappa shape index (κ3) is 5.98. The van der Waals surface area contributed by atoms with Crippen LogP contribution in [0.25, 0.3) is 6.08 Å². The molecule has 0 spiro atoms. The van der Waals surface area contributed by atoms with Gasteiger partial charge < -0.3 is 18.0 Å². The van der Waals surface area contributed by atoms with E-state index in [2.05, 4.69) is 18.2 Å². The molecule has 0 heterocycles. The van der Waals surface area contributed by atoms with Crippen molar-refractivity contribution in [2.24, 2.45) is 0 Å². The maximum Gasteiger partial charge on any atom is 0.500 e. The zero-order valence-electron chi connectivity index (χ0n) is 12.5. The van der Waals surface area contributed by atoms with Crippen LogP contribution in [0.15, 0.2) is 36.4 Å². The van der Waals surface area contributed by atoms with Gasteiger partial charge in [0.1, 0.15) is 0 Å². The van der Waals surface area contributed by atoms with E-state index in [9.17, 15) is 0 Å². The third-order valence-corrected chi connectivity index (χ3v) is 5.86. The summed E-state index contributed by atoms with van der Waals surface area (Å²) in [6, 6.07) is 10.9. The average Bonchev–Trinajstić information content (AvgIpc) is 2.52. The molecule has 0 saturated carbocycles. The Labute approximate surface area is 122 Å². The van der Waals surface area contributed by atoms with Crippen molar-refractivity contribution in [3.05, 3.63) is 42.0 Å². The van der Waals surface area contributed by atoms with Crippen LogP contribution in [0, 0.1) is 0 Å². The van der Waals surface area contributed by atoms with Gasteiger partial charge in [0, 0.05) is 34.0 Å². The summed E-state index contributed by atoms with van der Waals surface area (Å²) < 4.78 is 21.6. The molecule has 1 rings (SSSR count). The second-order valence-electron chi connectivity index (χ2n) is 4.29.